The maximum atomic E-state index is 5.84. The molecule has 0 unspecified atom stereocenters. The summed E-state index contributed by atoms with van der Waals surface area (Å²) in [6.45, 7) is 3.08. The lowest BCUT2D eigenvalue weighted by Gasteiger charge is -2.16. The zero-order chi connectivity index (χ0) is 10.3. The molecule has 0 aromatic heterocycles. The number of nitrogens with one attached hydrogen (secondary N) is 1. The minimum Gasteiger partial charge on any atom is -0.492 e. The standard InChI is InChI=1S/C12H14BrNO/c13-11-3-1-2-9-10-7-14-6-8(10)4-5-15-12(9)11/h1-3,8,10,14H,4-7H2/t8-,10+/m1/s1. The Kier molecular flexibility index (Phi) is 2.45. The van der Waals surface area contributed by atoms with E-state index in [2.05, 4.69) is 39.4 Å². The fourth-order valence-electron chi connectivity index (χ4n) is 2.68. The summed E-state index contributed by atoms with van der Waals surface area (Å²) in [5.41, 5.74) is 1.37. The lowest BCUT2D eigenvalue weighted by Crippen LogP contribution is -2.11. The molecule has 0 saturated carbocycles. The highest BCUT2D eigenvalue weighted by atomic mass is 79.9. The van der Waals surface area contributed by atoms with Crippen LogP contribution in [0.5, 0.6) is 5.75 Å². The molecular weight excluding hydrogens is 254 g/mol. The fraction of sp³-hybridized carbons (Fsp3) is 0.500. The number of hydrogen-bond donors (Lipinski definition) is 1. The van der Waals surface area contributed by atoms with Crippen LogP contribution in [0.15, 0.2) is 22.7 Å². The molecule has 2 atom stereocenters. The van der Waals surface area contributed by atoms with E-state index in [0.29, 0.717) is 5.92 Å². The molecule has 2 heterocycles. The molecule has 15 heavy (non-hydrogen) atoms. The number of ether oxygens (including phenoxy) is 1. The Labute approximate surface area is 98.1 Å². The maximum absolute atomic E-state index is 5.84. The molecular formula is C12H14BrNO. The second-order valence-corrected chi connectivity index (χ2v) is 5.17. The predicted octanol–water partition coefficient (Wildman–Crippen LogP) is 2.53. The number of para-hydroxylation sites is 1. The molecule has 1 saturated heterocycles. The van der Waals surface area contributed by atoms with Gasteiger partial charge in [-0.1, -0.05) is 12.1 Å². The SMILES string of the molecule is Brc1cccc2c1OCC[C@@H]1CNC[C@H]21. The minimum atomic E-state index is 0.639. The van der Waals surface area contributed by atoms with Crippen LogP contribution >= 0.6 is 15.9 Å². The van der Waals surface area contributed by atoms with E-state index < -0.39 is 0 Å². The predicted molar refractivity (Wildman–Crippen MR) is 63.4 cm³/mol. The number of benzene rings is 1. The van der Waals surface area contributed by atoms with Gasteiger partial charge < -0.3 is 10.1 Å². The van der Waals surface area contributed by atoms with Crippen LogP contribution in [0.25, 0.3) is 0 Å². The first kappa shape index (κ1) is 9.67. The quantitative estimate of drug-likeness (QED) is 0.780. The van der Waals surface area contributed by atoms with Gasteiger partial charge in [0.1, 0.15) is 5.75 Å². The van der Waals surface area contributed by atoms with E-state index >= 15 is 0 Å². The third-order valence-electron chi connectivity index (χ3n) is 3.47. The number of fused-ring (bicyclic) bond motifs is 3. The molecule has 1 N–H and O–H groups in total. The molecule has 2 aliphatic heterocycles. The normalized spacial score (nSPS) is 28.9. The zero-order valence-electron chi connectivity index (χ0n) is 8.50. The first-order valence-electron chi connectivity index (χ1n) is 5.48. The summed E-state index contributed by atoms with van der Waals surface area (Å²) in [5.74, 6) is 2.45. The summed E-state index contributed by atoms with van der Waals surface area (Å²) in [7, 11) is 0. The van der Waals surface area contributed by atoms with Crippen molar-refractivity contribution in [3.63, 3.8) is 0 Å². The van der Waals surface area contributed by atoms with E-state index in [1.807, 2.05) is 0 Å². The highest BCUT2D eigenvalue weighted by molar-refractivity contribution is 9.10. The van der Waals surface area contributed by atoms with Crippen LogP contribution in [0, 0.1) is 5.92 Å². The lowest BCUT2D eigenvalue weighted by atomic mass is 9.87. The van der Waals surface area contributed by atoms with Crippen molar-refractivity contribution in [1.29, 1.82) is 0 Å². The lowest BCUT2D eigenvalue weighted by molar-refractivity contribution is 0.295. The highest BCUT2D eigenvalue weighted by Crippen LogP contribution is 2.41. The van der Waals surface area contributed by atoms with Crippen molar-refractivity contribution in [2.75, 3.05) is 19.7 Å². The number of rotatable bonds is 0. The highest BCUT2D eigenvalue weighted by Gasteiger charge is 2.32. The van der Waals surface area contributed by atoms with Gasteiger partial charge in [-0.05, 0) is 46.4 Å². The van der Waals surface area contributed by atoms with Crippen molar-refractivity contribution >= 4 is 15.9 Å². The molecule has 0 spiro atoms. The van der Waals surface area contributed by atoms with Gasteiger partial charge in [0.25, 0.3) is 0 Å². The summed E-state index contributed by atoms with van der Waals surface area (Å²) in [5, 5.41) is 3.48. The van der Waals surface area contributed by atoms with E-state index in [9.17, 15) is 0 Å². The van der Waals surface area contributed by atoms with Gasteiger partial charge >= 0.3 is 0 Å². The molecule has 0 bridgehead atoms. The summed E-state index contributed by atoms with van der Waals surface area (Å²) in [6, 6.07) is 6.37. The number of halogens is 1. The van der Waals surface area contributed by atoms with Crippen LogP contribution in [0.2, 0.25) is 0 Å². The van der Waals surface area contributed by atoms with E-state index in [1.165, 1.54) is 12.0 Å². The molecule has 3 heteroatoms. The average molecular weight is 268 g/mol. The van der Waals surface area contributed by atoms with Crippen molar-refractivity contribution in [3.8, 4) is 5.75 Å². The van der Waals surface area contributed by atoms with E-state index in [-0.39, 0.29) is 0 Å². The smallest absolute Gasteiger partial charge is 0.136 e. The maximum Gasteiger partial charge on any atom is 0.136 e. The van der Waals surface area contributed by atoms with Gasteiger partial charge in [-0.25, -0.2) is 0 Å². The van der Waals surface area contributed by atoms with Gasteiger partial charge in [0.2, 0.25) is 0 Å². The van der Waals surface area contributed by atoms with Gasteiger partial charge in [-0.2, -0.15) is 0 Å². The van der Waals surface area contributed by atoms with Gasteiger partial charge in [0.15, 0.2) is 0 Å². The van der Waals surface area contributed by atoms with Crippen LogP contribution in [0.1, 0.15) is 17.9 Å². The van der Waals surface area contributed by atoms with Gasteiger partial charge in [-0.15, -0.1) is 0 Å². The van der Waals surface area contributed by atoms with Gasteiger partial charge in [-0.3, -0.25) is 0 Å². The van der Waals surface area contributed by atoms with Crippen LogP contribution in [0.4, 0.5) is 0 Å². The van der Waals surface area contributed by atoms with Gasteiger partial charge in [0.05, 0.1) is 11.1 Å². The second kappa shape index (κ2) is 3.80. The largest absolute Gasteiger partial charge is 0.492 e. The van der Waals surface area contributed by atoms with Crippen molar-refractivity contribution in [1.82, 2.24) is 5.32 Å². The third-order valence-corrected chi connectivity index (χ3v) is 4.10. The summed E-state index contributed by atoms with van der Waals surface area (Å²) >= 11 is 3.57. The number of hydrogen-bond acceptors (Lipinski definition) is 2. The van der Waals surface area contributed by atoms with Crippen molar-refractivity contribution in [3.05, 3.63) is 28.2 Å². The van der Waals surface area contributed by atoms with E-state index in [0.717, 1.165) is 35.8 Å². The Morgan fingerprint density at radius 3 is 3.20 bits per heavy atom. The van der Waals surface area contributed by atoms with Gasteiger partial charge in [0, 0.05) is 12.5 Å². The second-order valence-electron chi connectivity index (χ2n) is 4.32. The van der Waals surface area contributed by atoms with Crippen LogP contribution in [-0.4, -0.2) is 19.7 Å². The van der Waals surface area contributed by atoms with Crippen molar-refractivity contribution in [2.45, 2.75) is 12.3 Å². The molecule has 2 aliphatic rings. The fourth-order valence-corrected chi connectivity index (χ4v) is 3.18. The monoisotopic (exact) mass is 267 g/mol. The molecule has 1 aromatic carbocycles. The van der Waals surface area contributed by atoms with Crippen molar-refractivity contribution in [2.24, 2.45) is 5.92 Å². The zero-order valence-corrected chi connectivity index (χ0v) is 10.1. The average Bonchev–Trinajstić information content (AvgIpc) is 2.62. The Balaban J connectivity index is 2.09. The molecule has 3 rings (SSSR count). The Hall–Kier alpha value is -0.540. The summed E-state index contributed by atoms with van der Waals surface area (Å²) in [6.07, 6.45) is 1.17. The molecule has 2 nitrogen and oxygen atoms in total. The molecule has 80 valence electrons. The first-order chi connectivity index (χ1) is 7.36. The molecule has 0 radical (unpaired) electrons. The van der Waals surface area contributed by atoms with Crippen LogP contribution in [0.3, 0.4) is 0 Å². The topological polar surface area (TPSA) is 21.3 Å². The molecule has 0 amide bonds. The molecule has 0 aliphatic carbocycles. The Morgan fingerprint density at radius 1 is 1.33 bits per heavy atom. The summed E-state index contributed by atoms with van der Waals surface area (Å²) < 4.78 is 6.93. The van der Waals surface area contributed by atoms with Crippen LogP contribution < -0.4 is 10.1 Å². The van der Waals surface area contributed by atoms with Crippen molar-refractivity contribution < 1.29 is 4.74 Å². The third kappa shape index (κ3) is 1.58. The summed E-state index contributed by atoms with van der Waals surface area (Å²) in [4.78, 5) is 0. The molecule has 1 aromatic rings. The minimum absolute atomic E-state index is 0.639. The van der Waals surface area contributed by atoms with E-state index in [4.69, 9.17) is 4.74 Å². The first-order valence-corrected chi connectivity index (χ1v) is 6.27. The van der Waals surface area contributed by atoms with Crippen LogP contribution in [-0.2, 0) is 0 Å². The Morgan fingerprint density at radius 2 is 2.27 bits per heavy atom. The Bertz CT molecular complexity index is 380. The molecule has 1 fully saturated rings. The van der Waals surface area contributed by atoms with E-state index in [1.54, 1.807) is 0 Å².